The Morgan fingerprint density at radius 2 is 1.95 bits per heavy atom. The molecule has 0 spiro atoms. The van der Waals surface area contributed by atoms with Crippen LogP contribution in [0.3, 0.4) is 0 Å². The number of aromatic nitrogens is 4. The molecule has 0 atom stereocenters. The van der Waals surface area contributed by atoms with Gasteiger partial charge in [0.15, 0.2) is 5.03 Å². The second-order valence-electron chi connectivity index (χ2n) is 3.37. The van der Waals surface area contributed by atoms with Gasteiger partial charge in [-0.2, -0.15) is 18.5 Å². The van der Waals surface area contributed by atoms with Gasteiger partial charge in [0.1, 0.15) is 11.0 Å². The van der Waals surface area contributed by atoms with E-state index in [4.69, 9.17) is 34.8 Å². The summed E-state index contributed by atoms with van der Waals surface area (Å²) in [5, 5.41) is 3.36. The van der Waals surface area contributed by atoms with Crippen LogP contribution in [0.15, 0.2) is 17.3 Å². The van der Waals surface area contributed by atoms with Crippen LogP contribution >= 0.6 is 34.8 Å². The number of nitrogens with zero attached hydrogens (tertiary/aromatic N) is 4. The second kappa shape index (κ2) is 5.12. The van der Waals surface area contributed by atoms with Gasteiger partial charge in [-0.15, -0.1) is 0 Å². The van der Waals surface area contributed by atoms with E-state index < -0.39 is 10.0 Å². The summed E-state index contributed by atoms with van der Waals surface area (Å²) in [7, 11) is -2.51. The number of rotatable bonds is 3. The lowest BCUT2D eigenvalue weighted by Gasteiger charge is -2.08. The lowest BCUT2D eigenvalue weighted by molar-refractivity contribution is 0.582. The van der Waals surface area contributed by atoms with Gasteiger partial charge in [0.05, 0.1) is 11.2 Å². The summed E-state index contributed by atoms with van der Waals surface area (Å²) < 4.78 is 27.6. The average molecular weight is 343 g/mol. The molecule has 0 fully saturated rings. The van der Waals surface area contributed by atoms with E-state index >= 15 is 0 Å². The number of halogens is 3. The van der Waals surface area contributed by atoms with Crippen LogP contribution in [0.5, 0.6) is 0 Å². The minimum Gasteiger partial charge on any atom is -0.262 e. The highest BCUT2D eigenvalue weighted by molar-refractivity contribution is 7.92. The molecular formula is C8H6Cl3N5O2S. The largest absolute Gasteiger partial charge is 0.281 e. The fraction of sp³-hybridized carbons (Fsp3) is 0.125. The number of hydrogen-bond acceptors (Lipinski definition) is 5. The molecule has 7 nitrogen and oxygen atoms in total. The van der Waals surface area contributed by atoms with Gasteiger partial charge in [-0.05, 0) is 11.6 Å². The zero-order chi connectivity index (χ0) is 14.2. The zero-order valence-corrected chi connectivity index (χ0v) is 12.4. The highest BCUT2D eigenvalue weighted by Crippen LogP contribution is 2.23. The molecule has 2 heterocycles. The summed E-state index contributed by atoms with van der Waals surface area (Å²) in [4.78, 5) is 7.30. The Labute approximate surface area is 123 Å². The lowest BCUT2D eigenvalue weighted by atomic mass is 10.6. The smallest absolute Gasteiger partial charge is 0.262 e. The normalized spacial score (nSPS) is 11.6. The Bertz CT molecular complexity index is 690. The minimum absolute atomic E-state index is 0.00815. The molecule has 2 aromatic rings. The zero-order valence-electron chi connectivity index (χ0n) is 9.30. The molecule has 0 aliphatic heterocycles. The van der Waals surface area contributed by atoms with E-state index in [9.17, 15) is 8.42 Å². The van der Waals surface area contributed by atoms with E-state index in [-0.39, 0.29) is 26.3 Å². The standard InChI is InChI=1S/C8H6Cl3N5O2S/c1-16-7(4(9)3-12-16)19(17,18)15-6-2-5(10)13-8(11)14-6/h2-3H,1H3,(H,13,14,15). The molecular weight excluding hydrogens is 337 g/mol. The first-order valence-corrected chi connectivity index (χ1v) is 7.32. The predicted octanol–water partition coefficient (Wildman–Crippen LogP) is 1.97. The fourth-order valence-electron chi connectivity index (χ4n) is 1.33. The minimum atomic E-state index is -3.95. The van der Waals surface area contributed by atoms with E-state index in [0.29, 0.717) is 0 Å². The summed E-state index contributed by atoms with van der Waals surface area (Å²) >= 11 is 17.0. The van der Waals surface area contributed by atoms with E-state index in [1.165, 1.54) is 19.3 Å². The predicted molar refractivity (Wildman–Crippen MR) is 71.1 cm³/mol. The van der Waals surface area contributed by atoms with Gasteiger partial charge >= 0.3 is 0 Å². The van der Waals surface area contributed by atoms with Gasteiger partial charge in [0.2, 0.25) is 5.28 Å². The monoisotopic (exact) mass is 341 g/mol. The Morgan fingerprint density at radius 3 is 2.47 bits per heavy atom. The summed E-state index contributed by atoms with van der Waals surface area (Å²) in [5.74, 6) is -0.0673. The van der Waals surface area contributed by atoms with Crippen molar-refractivity contribution >= 4 is 50.6 Å². The summed E-state index contributed by atoms with van der Waals surface area (Å²) in [5.41, 5.74) is 0. The number of hydrogen-bond donors (Lipinski definition) is 1. The van der Waals surface area contributed by atoms with Gasteiger partial charge in [0.25, 0.3) is 10.0 Å². The van der Waals surface area contributed by atoms with Crippen LogP contribution in [0.2, 0.25) is 15.5 Å². The van der Waals surface area contributed by atoms with Crippen molar-refractivity contribution in [1.82, 2.24) is 19.7 Å². The third-order valence-corrected chi connectivity index (χ3v) is 4.23. The van der Waals surface area contributed by atoms with Gasteiger partial charge in [0, 0.05) is 13.1 Å². The SMILES string of the molecule is Cn1ncc(Cl)c1S(=O)(=O)Nc1cc(Cl)nc(Cl)n1. The molecule has 0 saturated carbocycles. The van der Waals surface area contributed by atoms with E-state index in [1.54, 1.807) is 0 Å². The molecule has 1 N–H and O–H groups in total. The first-order chi connectivity index (χ1) is 8.79. The van der Waals surface area contributed by atoms with Crippen LogP contribution in [0.4, 0.5) is 5.82 Å². The van der Waals surface area contributed by atoms with Crippen LogP contribution in [0.1, 0.15) is 0 Å². The highest BCUT2D eigenvalue weighted by atomic mass is 35.5. The number of anilines is 1. The van der Waals surface area contributed by atoms with Gasteiger partial charge in [-0.1, -0.05) is 23.2 Å². The number of sulfonamides is 1. The molecule has 0 aliphatic carbocycles. The first kappa shape index (κ1) is 14.3. The second-order valence-corrected chi connectivity index (χ2v) is 6.10. The van der Waals surface area contributed by atoms with Crippen LogP contribution < -0.4 is 4.72 Å². The Balaban J connectivity index is 2.42. The van der Waals surface area contributed by atoms with E-state index in [2.05, 4.69) is 19.8 Å². The van der Waals surface area contributed by atoms with Crippen molar-refractivity contribution in [3.05, 3.63) is 27.7 Å². The van der Waals surface area contributed by atoms with Crippen molar-refractivity contribution in [1.29, 1.82) is 0 Å². The highest BCUT2D eigenvalue weighted by Gasteiger charge is 2.23. The maximum absolute atomic E-state index is 12.1. The van der Waals surface area contributed by atoms with Crippen molar-refractivity contribution in [3.8, 4) is 0 Å². The first-order valence-electron chi connectivity index (χ1n) is 4.70. The lowest BCUT2D eigenvalue weighted by Crippen LogP contribution is -2.18. The topological polar surface area (TPSA) is 89.8 Å². The van der Waals surface area contributed by atoms with Crippen LogP contribution in [-0.4, -0.2) is 28.2 Å². The fourth-order valence-corrected chi connectivity index (χ4v) is 3.39. The van der Waals surface area contributed by atoms with Gasteiger partial charge < -0.3 is 0 Å². The van der Waals surface area contributed by atoms with Crippen molar-refractivity contribution in [2.24, 2.45) is 7.05 Å². The third-order valence-electron chi connectivity index (χ3n) is 2.00. The van der Waals surface area contributed by atoms with E-state index in [0.717, 1.165) is 4.68 Å². The molecule has 2 rings (SSSR count). The quantitative estimate of drug-likeness (QED) is 0.680. The van der Waals surface area contributed by atoms with Crippen LogP contribution in [0.25, 0.3) is 0 Å². The molecule has 0 radical (unpaired) electrons. The molecule has 0 aliphatic rings. The molecule has 2 aromatic heterocycles. The number of nitrogens with one attached hydrogen (secondary N) is 1. The maximum atomic E-state index is 12.1. The summed E-state index contributed by atoms with van der Waals surface area (Å²) in [6.45, 7) is 0. The maximum Gasteiger partial charge on any atom is 0.281 e. The Kier molecular flexibility index (Phi) is 3.86. The molecule has 19 heavy (non-hydrogen) atoms. The Morgan fingerprint density at radius 1 is 1.26 bits per heavy atom. The Hall–Kier alpha value is -1.09. The van der Waals surface area contributed by atoms with Crippen LogP contribution in [0, 0.1) is 0 Å². The van der Waals surface area contributed by atoms with Crippen molar-refractivity contribution < 1.29 is 8.42 Å². The third kappa shape index (κ3) is 3.08. The summed E-state index contributed by atoms with van der Waals surface area (Å²) in [6, 6.07) is 1.22. The van der Waals surface area contributed by atoms with E-state index in [1.807, 2.05) is 0 Å². The summed E-state index contributed by atoms with van der Waals surface area (Å²) in [6.07, 6.45) is 1.22. The number of aryl methyl sites for hydroxylation is 1. The molecule has 0 unspecified atom stereocenters. The molecule has 102 valence electrons. The molecule has 0 aromatic carbocycles. The average Bonchev–Trinajstić information content (AvgIpc) is 2.56. The van der Waals surface area contributed by atoms with Crippen molar-refractivity contribution in [2.45, 2.75) is 5.03 Å². The van der Waals surface area contributed by atoms with Crippen molar-refractivity contribution in [2.75, 3.05) is 4.72 Å². The molecule has 0 amide bonds. The molecule has 0 bridgehead atoms. The van der Waals surface area contributed by atoms with Crippen molar-refractivity contribution in [3.63, 3.8) is 0 Å². The molecule has 0 saturated heterocycles. The van der Waals surface area contributed by atoms with Gasteiger partial charge in [-0.25, -0.2) is 4.98 Å². The molecule has 11 heteroatoms. The van der Waals surface area contributed by atoms with Crippen LogP contribution in [-0.2, 0) is 17.1 Å². The van der Waals surface area contributed by atoms with Gasteiger partial charge in [-0.3, -0.25) is 9.40 Å².